The Hall–Kier alpha value is -4.12. The van der Waals surface area contributed by atoms with Gasteiger partial charge in [-0.3, -0.25) is 24.6 Å². The average molecular weight is 632 g/mol. The van der Waals surface area contributed by atoms with Crippen molar-refractivity contribution in [2.24, 2.45) is 0 Å². The van der Waals surface area contributed by atoms with Crippen LogP contribution >= 0.6 is 0 Å². The van der Waals surface area contributed by atoms with Gasteiger partial charge in [0.15, 0.2) is 0 Å². The molecule has 1 unspecified atom stereocenters. The second-order valence-corrected chi connectivity index (χ2v) is 13.7. The van der Waals surface area contributed by atoms with Crippen molar-refractivity contribution in [3.05, 3.63) is 59.2 Å². The topological polar surface area (TPSA) is 112 Å². The van der Waals surface area contributed by atoms with Crippen LogP contribution in [0.15, 0.2) is 42.5 Å². The summed E-state index contributed by atoms with van der Waals surface area (Å²) in [5, 5.41) is 2.35. The van der Waals surface area contributed by atoms with Gasteiger partial charge in [-0.05, 0) is 82.0 Å². The Morgan fingerprint density at radius 1 is 0.957 bits per heavy atom. The van der Waals surface area contributed by atoms with E-state index in [-0.39, 0.29) is 30.4 Å². The predicted octanol–water partition coefficient (Wildman–Crippen LogP) is 3.94. The molecule has 0 aliphatic carbocycles. The molecule has 4 aliphatic rings. The molecule has 246 valence electrons. The molecule has 1 N–H and O–H groups in total. The van der Waals surface area contributed by atoms with Crippen molar-refractivity contribution in [3.8, 4) is 5.75 Å². The second kappa shape index (κ2) is 13.3. The maximum absolute atomic E-state index is 13.1. The third kappa shape index (κ3) is 7.14. The van der Waals surface area contributed by atoms with Crippen molar-refractivity contribution >= 4 is 29.5 Å². The van der Waals surface area contributed by atoms with E-state index in [2.05, 4.69) is 39.4 Å². The SMILES string of the molecule is CC(C)(C)OC(=O)N1CCN(c2ccccc2CN2CCCC[C@@H]2COc2ccc3c(c2)CN(C2CCC(=O)NC2=O)C3=O)CC1. The molecule has 6 rings (SSSR count). The van der Waals surface area contributed by atoms with E-state index in [4.69, 9.17) is 9.47 Å². The van der Waals surface area contributed by atoms with Crippen molar-refractivity contribution in [1.29, 1.82) is 0 Å². The van der Waals surface area contributed by atoms with Gasteiger partial charge < -0.3 is 24.2 Å². The molecule has 4 aliphatic heterocycles. The van der Waals surface area contributed by atoms with Crippen LogP contribution in [0.2, 0.25) is 0 Å². The summed E-state index contributed by atoms with van der Waals surface area (Å²) in [7, 11) is 0. The maximum atomic E-state index is 13.1. The number of ether oxygens (including phenoxy) is 2. The van der Waals surface area contributed by atoms with Gasteiger partial charge in [0.2, 0.25) is 11.8 Å². The lowest BCUT2D eigenvalue weighted by Crippen LogP contribution is -2.52. The number of para-hydroxylation sites is 1. The summed E-state index contributed by atoms with van der Waals surface area (Å²) in [6, 6.07) is 13.7. The molecule has 0 aromatic heterocycles. The highest BCUT2D eigenvalue weighted by Gasteiger charge is 2.39. The van der Waals surface area contributed by atoms with Crippen molar-refractivity contribution in [3.63, 3.8) is 0 Å². The first-order valence-corrected chi connectivity index (χ1v) is 16.5. The monoisotopic (exact) mass is 631 g/mol. The number of carbonyl (C=O) groups is 4. The number of amides is 4. The van der Waals surface area contributed by atoms with Crippen LogP contribution in [-0.4, -0.2) is 95.5 Å². The largest absolute Gasteiger partial charge is 0.492 e. The molecule has 0 spiro atoms. The summed E-state index contributed by atoms with van der Waals surface area (Å²) in [6.07, 6.45) is 3.67. The van der Waals surface area contributed by atoms with E-state index in [1.807, 2.05) is 32.9 Å². The molecular weight excluding hydrogens is 586 g/mol. The minimum absolute atomic E-state index is 0.181. The van der Waals surface area contributed by atoms with E-state index in [0.29, 0.717) is 44.0 Å². The van der Waals surface area contributed by atoms with Crippen molar-refractivity contribution in [1.82, 2.24) is 20.0 Å². The number of nitrogens with one attached hydrogen (secondary N) is 1. The molecule has 3 saturated heterocycles. The number of imide groups is 1. The average Bonchev–Trinajstić information content (AvgIpc) is 3.35. The smallest absolute Gasteiger partial charge is 0.410 e. The zero-order chi connectivity index (χ0) is 32.4. The lowest BCUT2D eigenvalue weighted by molar-refractivity contribution is -0.136. The molecule has 11 heteroatoms. The zero-order valence-electron chi connectivity index (χ0n) is 27.1. The van der Waals surface area contributed by atoms with Crippen LogP contribution in [0.3, 0.4) is 0 Å². The van der Waals surface area contributed by atoms with Gasteiger partial charge in [-0.1, -0.05) is 24.6 Å². The van der Waals surface area contributed by atoms with Crippen LogP contribution in [-0.2, 0) is 27.4 Å². The van der Waals surface area contributed by atoms with E-state index in [1.54, 1.807) is 15.9 Å². The highest BCUT2D eigenvalue weighted by atomic mass is 16.6. The fraction of sp³-hybridized carbons (Fsp3) is 0.543. The molecule has 2 aromatic carbocycles. The van der Waals surface area contributed by atoms with Crippen LogP contribution in [0.5, 0.6) is 5.75 Å². The Kier molecular flexibility index (Phi) is 9.22. The lowest BCUT2D eigenvalue weighted by Gasteiger charge is -2.39. The Bertz CT molecular complexity index is 1480. The third-order valence-electron chi connectivity index (χ3n) is 9.32. The fourth-order valence-corrected chi connectivity index (χ4v) is 6.92. The number of carbonyl (C=O) groups excluding carboxylic acids is 4. The first kappa shape index (κ1) is 31.8. The number of rotatable bonds is 7. The van der Waals surface area contributed by atoms with E-state index in [1.165, 1.54) is 11.3 Å². The van der Waals surface area contributed by atoms with Crippen molar-refractivity contribution in [2.75, 3.05) is 44.2 Å². The van der Waals surface area contributed by atoms with Crippen LogP contribution in [0.4, 0.5) is 10.5 Å². The van der Waals surface area contributed by atoms with Gasteiger partial charge in [-0.25, -0.2) is 4.79 Å². The zero-order valence-corrected chi connectivity index (χ0v) is 27.1. The first-order chi connectivity index (χ1) is 22.1. The Labute approximate surface area is 270 Å². The van der Waals surface area contributed by atoms with E-state index in [9.17, 15) is 19.2 Å². The predicted molar refractivity (Wildman–Crippen MR) is 172 cm³/mol. The summed E-state index contributed by atoms with van der Waals surface area (Å²) >= 11 is 0. The minimum Gasteiger partial charge on any atom is -0.492 e. The molecule has 11 nitrogen and oxygen atoms in total. The van der Waals surface area contributed by atoms with Gasteiger partial charge in [0.05, 0.1) is 0 Å². The van der Waals surface area contributed by atoms with Crippen LogP contribution in [0.25, 0.3) is 0 Å². The maximum Gasteiger partial charge on any atom is 0.410 e. The number of hydrogen-bond donors (Lipinski definition) is 1. The Balaban J connectivity index is 1.06. The molecule has 46 heavy (non-hydrogen) atoms. The number of anilines is 1. The van der Waals surface area contributed by atoms with Gasteiger partial charge in [-0.2, -0.15) is 0 Å². The molecule has 0 bridgehead atoms. The Morgan fingerprint density at radius 2 is 1.74 bits per heavy atom. The summed E-state index contributed by atoms with van der Waals surface area (Å²) < 4.78 is 11.9. The van der Waals surface area contributed by atoms with Gasteiger partial charge in [0.25, 0.3) is 5.91 Å². The summed E-state index contributed by atoms with van der Waals surface area (Å²) in [5.41, 5.74) is 3.40. The summed E-state index contributed by atoms with van der Waals surface area (Å²) in [5.74, 6) is -0.166. The van der Waals surface area contributed by atoms with E-state index in [0.717, 1.165) is 51.0 Å². The van der Waals surface area contributed by atoms with Gasteiger partial charge in [-0.15, -0.1) is 0 Å². The number of piperidine rings is 2. The normalized spacial score (nSPS) is 22.5. The number of hydrogen-bond acceptors (Lipinski definition) is 8. The first-order valence-electron chi connectivity index (χ1n) is 16.5. The molecule has 0 radical (unpaired) electrons. The van der Waals surface area contributed by atoms with Gasteiger partial charge in [0, 0.05) is 63.0 Å². The standard InChI is InChI=1S/C35H45N5O6/c1-35(2,3)46-34(44)38-18-16-37(17-19-38)29-10-5-4-8-24(29)21-39-15-7-6-9-26(39)23-45-27-11-12-28-25(20-27)22-40(33(28)43)30-13-14-31(41)36-32(30)42/h4-5,8,10-12,20,26,30H,6-7,9,13-19,21-23H2,1-3H3,(H,36,41,42)/t26-,30?/m1/s1. The molecular formula is C35H45N5O6. The molecule has 3 fully saturated rings. The van der Waals surface area contributed by atoms with Crippen molar-refractivity contribution in [2.45, 2.75) is 83.6 Å². The van der Waals surface area contributed by atoms with Crippen LogP contribution in [0, 0.1) is 0 Å². The number of nitrogens with zero attached hydrogens (tertiary/aromatic N) is 4. The number of likely N-dealkylation sites (tertiary alicyclic amines) is 1. The van der Waals surface area contributed by atoms with Crippen molar-refractivity contribution < 1.29 is 28.7 Å². The summed E-state index contributed by atoms with van der Waals surface area (Å²) in [6.45, 7) is 11.1. The number of benzene rings is 2. The van der Waals surface area contributed by atoms with E-state index < -0.39 is 17.6 Å². The molecule has 2 aromatic rings. The fourth-order valence-electron chi connectivity index (χ4n) is 6.92. The molecule has 0 saturated carbocycles. The highest BCUT2D eigenvalue weighted by Crippen LogP contribution is 2.31. The Morgan fingerprint density at radius 3 is 2.50 bits per heavy atom. The number of fused-ring (bicyclic) bond motifs is 1. The summed E-state index contributed by atoms with van der Waals surface area (Å²) in [4.78, 5) is 57.9. The quantitative estimate of drug-likeness (QED) is 0.458. The van der Waals surface area contributed by atoms with E-state index >= 15 is 0 Å². The molecule has 2 atom stereocenters. The minimum atomic E-state index is -0.630. The molecule has 4 amide bonds. The third-order valence-corrected chi connectivity index (χ3v) is 9.32. The van der Waals surface area contributed by atoms with Crippen LogP contribution in [0.1, 0.15) is 74.4 Å². The van der Waals surface area contributed by atoms with Gasteiger partial charge in [0.1, 0.15) is 24.0 Å². The highest BCUT2D eigenvalue weighted by molar-refractivity contribution is 6.05. The van der Waals surface area contributed by atoms with Gasteiger partial charge >= 0.3 is 6.09 Å². The lowest BCUT2D eigenvalue weighted by atomic mass is 10.0. The van der Waals surface area contributed by atoms with Crippen LogP contribution < -0.4 is 15.0 Å². The second-order valence-electron chi connectivity index (χ2n) is 13.7. The molecule has 4 heterocycles. The number of piperazine rings is 1.